The van der Waals surface area contributed by atoms with Gasteiger partial charge in [-0.2, -0.15) is 9.49 Å². The summed E-state index contributed by atoms with van der Waals surface area (Å²) in [6.07, 6.45) is 4.32. The van der Waals surface area contributed by atoms with Gasteiger partial charge in [0.15, 0.2) is 71.7 Å². The van der Waals surface area contributed by atoms with Crippen LogP contribution >= 0.6 is 60.1 Å². The van der Waals surface area contributed by atoms with Crippen molar-refractivity contribution < 1.29 is 0 Å². The third-order valence-electron chi connectivity index (χ3n) is 21.9. The molecule has 120 heavy (non-hydrogen) atoms. The van der Waals surface area contributed by atoms with E-state index in [9.17, 15) is 0 Å². The molecule has 0 bridgehead atoms. The highest BCUT2D eigenvalue weighted by atomic mass is 31.2. The quantitative estimate of drug-likeness (QED) is 0.0216. The van der Waals surface area contributed by atoms with Crippen LogP contribution in [0.3, 0.4) is 0 Å². The van der Waals surface area contributed by atoms with Crippen LogP contribution in [0.5, 0.6) is 0 Å². The number of pyridine rings is 4. The van der Waals surface area contributed by atoms with Crippen LogP contribution in [0.2, 0.25) is 0 Å². The topological polar surface area (TPSA) is 237 Å². The zero-order valence-electron chi connectivity index (χ0n) is 82.0. The molecule has 6 heterocycles. The Morgan fingerprint density at radius 3 is 0.608 bits per heavy atom. The standard InChI is InChI=1S/C74H150N38P8/c1-87(2)113(88(3)4,89(5)6)79-61-49-55-67(81-115(93(13)14,94(15)16)95(17)18)57-53-111-63(77-71(83-117(99(25)26,100(27)28)101(29)30)73(111)85-119(105(37)38,106(39)40)107(41)42)51-59(57)75-69(55)66-65(61)62(80-114(90(7)8,91(9)10)92(11)12)50-56-68(82-116(96(19)20,97(21)22)98(23)24)58-54-112-64(52-60(58)76-70(56)66)78-72(84-118(102(31)32,103(33)34)104(35)36)74(112)86-120(108(43)44,109(45)46)110(47)48/h49-54H,1-48H3. The van der Waals surface area contributed by atoms with Crippen LogP contribution in [0.25, 0.3) is 65.7 Å². The SMILES string of the molecule is CN(C)P(=Nc1nc2cc3nc4c(cc(N=P(N(C)C)(N(C)C)N(C)C)c5c(N=P(N(C)C)(N(C)C)N(C)C)cc6c(N=P(N(C)C)(N(C)C)N(C)C)c7cn8c(N=P(N(C)C)(N(C)C)N(C)C)c(N=P(N(C)C)(N(C)C)N(C)C)nc8cc7nc6c54)c(N=P(N(C)C)(N(C)C)N(C)C)c3cn2c1N=P(N(C)C)(N(C)C)N(C)C)(N(C)C)N(C)C. The summed E-state index contributed by atoms with van der Waals surface area (Å²) in [5.74, 6) is 2.13. The Kier molecular flexibility index (Phi) is 31.8. The van der Waals surface area contributed by atoms with Crippen molar-refractivity contribution in [2.24, 2.45) is 38.0 Å². The van der Waals surface area contributed by atoms with E-state index in [2.05, 4.69) is 496 Å². The number of nitrogens with zero attached hydrogens (tertiary/aromatic N) is 38. The molecule has 676 valence electrons. The number of rotatable bonds is 32. The molecule has 0 unspecified atom stereocenters. The molecule has 0 fully saturated rings. The summed E-state index contributed by atoms with van der Waals surface area (Å²) < 4.78 is 108. The minimum Gasteiger partial charge on any atom is -0.282 e. The third kappa shape index (κ3) is 16.7. The molecular weight excluding hydrogens is 1670 g/mol. The highest BCUT2D eigenvalue weighted by Gasteiger charge is 2.41. The Labute approximate surface area is 721 Å². The molecule has 0 aliphatic heterocycles. The van der Waals surface area contributed by atoms with Gasteiger partial charge in [0, 0.05) is 56.8 Å². The van der Waals surface area contributed by atoms with Crippen LogP contribution in [0, 0.1) is 0 Å². The maximum atomic E-state index is 6.43. The average Bonchev–Trinajstić information content (AvgIpc) is 0.782. The van der Waals surface area contributed by atoms with Gasteiger partial charge in [0.05, 0.1) is 44.8 Å². The maximum absolute atomic E-state index is 6.43. The van der Waals surface area contributed by atoms with E-state index in [1.165, 1.54) is 0 Å². The van der Waals surface area contributed by atoms with Gasteiger partial charge in [-0.25, -0.2) is 48.4 Å². The smallest absolute Gasteiger partial charge is 0.200 e. The van der Waals surface area contributed by atoms with Crippen LogP contribution in [-0.2, 0) is 0 Å². The van der Waals surface area contributed by atoms with Crippen molar-refractivity contribution in [1.29, 1.82) is 0 Å². The lowest BCUT2D eigenvalue weighted by molar-refractivity contribution is 0.473. The summed E-state index contributed by atoms with van der Waals surface area (Å²) in [5, 5.41) is 4.38. The second-order valence-corrected chi connectivity index (χ2v) is 64.2. The highest BCUT2D eigenvalue weighted by Crippen LogP contribution is 2.68. The van der Waals surface area contributed by atoms with E-state index in [-0.39, 0.29) is 0 Å². The minimum absolute atomic E-state index is 0.481. The lowest BCUT2D eigenvalue weighted by Crippen LogP contribution is -2.30. The molecule has 0 aliphatic rings. The van der Waals surface area contributed by atoms with Gasteiger partial charge in [-0.1, -0.05) is 0 Å². The molecule has 0 radical (unpaired) electrons. The summed E-state index contributed by atoms with van der Waals surface area (Å²) in [6.45, 7) is 0. The monoisotopic (exact) mass is 1820 g/mol. The number of benzene rings is 2. The zero-order valence-corrected chi connectivity index (χ0v) is 89.2. The molecule has 2 aromatic carbocycles. The van der Waals surface area contributed by atoms with Crippen molar-refractivity contribution in [1.82, 2.24) is 141 Å². The summed E-state index contributed by atoms with van der Waals surface area (Å²) in [7, 11) is 78.5. The second kappa shape index (κ2) is 37.5. The average molecular weight is 1820 g/mol. The number of aromatic nitrogens is 6. The van der Waals surface area contributed by atoms with Gasteiger partial charge < -0.3 is 0 Å². The summed E-state index contributed by atoms with van der Waals surface area (Å²) in [4.78, 5) is 23.9. The molecule has 0 atom stereocenters. The molecule has 8 rings (SSSR count). The van der Waals surface area contributed by atoms with Crippen molar-refractivity contribution in [2.75, 3.05) is 338 Å². The molecule has 0 saturated carbocycles. The largest absolute Gasteiger partial charge is 0.282 e. The molecule has 6 aromatic heterocycles. The molecule has 0 aliphatic carbocycles. The lowest BCUT2D eigenvalue weighted by atomic mass is 9.96. The van der Waals surface area contributed by atoms with Crippen molar-refractivity contribution in [2.45, 2.75) is 0 Å². The predicted octanol–water partition coefficient (Wildman–Crippen LogP) is 15.6. The van der Waals surface area contributed by atoms with Crippen LogP contribution in [0.15, 0.2) is 74.6 Å². The van der Waals surface area contributed by atoms with Gasteiger partial charge in [-0.15, -0.1) is 0 Å². The van der Waals surface area contributed by atoms with E-state index < -0.39 is 60.1 Å². The van der Waals surface area contributed by atoms with Crippen molar-refractivity contribution in [3.8, 4) is 0 Å². The lowest BCUT2D eigenvalue weighted by Gasteiger charge is -2.42. The van der Waals surface area contributed by atoms with Crippen LogP contribution < -0.4 is 0 Å². The normalized spacial score (nSPS) is 14.3. The number of hydrogen-bond donors (Lipinski definition) is 0. The number of fused-ring (bicyclic) bond motifs is 9. The zero-order chi connectivity index (χ0) is 91.3. The van der Waals surface area contributed by atoms with Gasteiger partial charge in [0.1, 0.15) is 11.3 Å². The molecule has 46 heteroatoms. The van der Waals surface area contributed by atoms with Gasteiger partial charge >= 0.3 is 0 Å². The Morgan fingerprint density at radius 1 is 0.208 bits per heavy atom. The van der Waals surface area contributed by atoms with E-state index in [1.54, 1.807) is 0 Å². The Bertz CT molecular complexity index is 5070. The minimum atomic E-state index is -2.96. The Balaban J connectivity index is 2.04. The van der Waals surface area contributed by atoms with E-state index in [0.717, 1.165) is 26.9 Å². The van der Waals surface area contributed by atoms with Crippen LogP contribution in [-0.4, -0.2) is 479 Å². The molecule has 8 aromatic rings. The predicted molar refractivity (Wildman–Crippen MR) is 528 cm³/mol. The second-order valence-electron chi connectivity index (χ2n) is 34.8. The number of hydrogen-bond acceptors (Lipinski definition) is 12. The molecule has 0 saturated heterocycles. The van der Waals surface area contributed by atoms with E-state index in [0.29, 0.717) is 84.8 Å². The first-order chi connectivity index (χ1) is 55.2. The van der Waals surface area contributed by atoms with E-state index >= 15 is 0 Å². The van der Waals surface area contributed by atoms with Crippen molar-refractivity contribution in [3.63, 3.8) is 0 Å². The molecule has 0 spiro atoms. The summed E-state index contributed by atoms with van der Waals surface area (Å²) >= 11 is 0. The third-order valence-corrected chi connectivity index (χ3v) is 51.4. The fraction of sp³-hybridized carbons (Fsp3) is 0.649. The Morgan fingerprint density at radius 2 is 0.400 bits per heavy atom. The first-order valence-electron chi connectivity index (χ1n) is 39.5. The fourth-order valence-corrected chi connectivity index (χ4v) is 42.8. The highest BCUT2D eigenvalue weighted by molar-refractivity contribution is 7.61. The first-order valence-corrected chi connectivity index (χ1v) is 52.3. The van der Waals surface area contributed by atoms with Crippen LogP contribution in [0.1, 0.15) is 0 Å². The first kappa shape index (κ1) is 102. The van der Waals surface area contributed by atoms with Gasteiger partial charge in [0.25, 0.3) is 0 Å². The van der Waals surface area contributed by atoms with Gasteiger partial charge in [0.2, 0.25) is 11.6 Å². The van der Waals surface area contributed by atoms with Crippen LogP contribution in [0.4, 0.5) is 46.0 Å². The van der Waals surface area contributed by atoms with Gasteiger partial charge in [-0.3, -0.25) is 121 Å². The number of imidazole rings is 2. The summed E-state index contributed by atoms with van der Waals surface area (Å²) in [5.41, 5.74) is 6.33. The summed E-state index contributed by atoms with van der Waals surface area (Å²) in [6, 6.07) is 8.70. The van der Waals surface area contributed by atoms with Crippen molar-refractivity contribution >= 4 is 172 Å². The van der Waals surface area contributed by atoms with Gasteiger partial charge in [-0.05, 0) is 350 Å². The van der Waals surface area contributed by atoms with E-state index in [1.807, 2.05) is 0 Å². The molecule has 0 N–H and O–H groups in total. The van der Waals surface area contributed by atoms with E-state index in [4.69, 9.17) is 57.9 Å². The molecular formula is C74H150N38P8. The van der Waals surface area contributed by atoms with Crippen molar-refractivity contribution in [3.05, 3.63) is 36.7 Å². The Hall–Kier alpha value is -3.70. The fourth-order valence-electron chi connectivity index (χ4n) is 17.8. The molecule has 0 amide bonds. The molecule has 38 nitrogen and oxygen atoms in total. The maximum Gasteiger partial charge on any atom is 0.200 e.